The molecule has 1 atom stereocenters. The molecule has 2 N–H and O–H groups in total. The zero-order chi connectivity index (χ0) is 12.1. The highest BCUT2D eigenvalue weighted by Gasteiger charge is 2.14. The number of nitrogens with zero attached hydrogens (tertiary/aromatic N) is 2. The second kappa shape index (κ2) is 6.04. The summed E-state index contributed by atoms with van der Waals surface area (Å²) in [4.78, 5) is 4.21. The van der Waals surface area contributed by atoms with E-state index in [4.69, 9.17) is 5.73 Å². The fourth-order valence-electron chi connectivity index (χ4n) is 1.81. The van der Waals surface area contributed by atoms with E-state index in [0.717, 1.165) is 12.5 Å². The lowest BCUT2D eigenvalue weighted by atomic mass is 10.0. The zero-order valence-electron chi connectivity index (χ0n) is 11.0. The molecule has 0 aliphatic heterocycles. The van der Waals surface area contributed by atoms with Gasteiger partial charge in [-0.25, -0.2) is 4.98 Å². The molecule has 92 valence electrons. The van der Waals surface area contributed by atoms with Crippen LogP contribution in [-0.2, 0) is 6.54 Å². The number of aryl methyl sites for hydroxylation is 1. The summed E-state index contributed by atoms with van der Waals surface area (Å²) >= 11 is 0. The van der Waals surface area contributed by atoms with Crippen molar-refractivity contribution in [3.8, 4) is 0 Å². The van der Waals surface area contributed by atoms with Gasteiger partial charge >= 0.3 is 0 Å². The van der Waals surface area contributed by atoms with Crippen LogP contribution < -0.4 is 5.73 Å². The van der Waals surface area contributed by atoms with Gasteiger partial charge in [-0.1, -0.05) is 27.7 Å². The van der Waals surface area contributed by atoms with Crippen molar-refractivity contribution in [2.45, 2.75) is 53.1 Å². The van der Waals surface area contributed by atoms with Crippen molar-refractivity contribution in [2.75, 3.05) is 0 Å². The largest absolute Gasteiger partial charge is 0.333 e. The molecule has 3 nitrogen and oxygen atoms in total. The first-order valence-corrected chi connectivity index (χ1v) is 6.28. The van der Waals surface area contributed by atoms with Gasteiger partial charge in [-0.2, -0.15) is 0 Å². The lowest BCUT2D eigenvalue weighted by Gasteiger charge is -2.18. The van der Waals surface area contributed by atoms with Crippen molar-refractivity contribution < 1.29 is 0 Å². The molecule has 0 spiro atoms. The van der Waals surface area contributed by atoms with E-state index in [-0.39, 0.29) is 6.04 Å². The van der Waals surface area contributed by atoms with Crippen LogP contribution >= 0.6 is 0 Å². The predicted octanol–water partition coefficient (Wildman–Crippen LogP) is 2.98. The molecule has 0 bridgehead atoms. The van der Waals surface area contributed by atoms with E-state index in [9.17, 15) is 0 Å². The van der Waals surface area contributed by atoms with Crippen molar-refractivity contribution in [3.05, 3.63) is 18.2 Å². The number of hydrogen-bond donors (Lipinski definition) is 1. The smallest absolute Gasteiger partial charge is 0.0948 e. The van der Waals surface area contributed by atoms with Crippen LogP contribution in [0, 0.1) is 11.8 Å². The van der Waals surface area contributed by atoms with Crippen LogP contribution in [0.4, 0.5) is 0 Å². The van der Waals surface area contributed by atoms with E-state index < -0.39 is 0 Å². The topological polar surface area (TPSA) is 43.8 Å². The van der Waals surface area contributed by atoms with Gasteiger partial charge in [0.05, 0.1) is 12.0 Å². The first-order chi connectivity index (χ1) is 7.52. The maximum Gasteiger partial charge on any atom is 0.0948 e. The van der Waals surface area contributed by atoms with Crippen LogP contribution in [0.25, 0.3) is 0 Å². The molecule has 0 aromatic carbocycles. The zero-order valence-corrected chi connectivity index (χ0v) is 11.0. The standard InChI is InChI=1S/C13H25N3/c1-10(2)6-5-7-16-9-15-8-12(16)13(14)11(3)4/h8-11,13H,5-7,14H2,1-4H3. The second-order valence-electron chi connectivity index (χ2n) is 5.32. The van der Waals surface area contributed by atoms with Gasteiger partial charge in [0.15, 0.2) is 0 Å². The fourth-order valence-corrected chi connectivity index (χ4v) is 1.81. The highest BCUT2D eigenvalue weighted by molar-refractivity contribution is 5.05. The van der Waals surface area contributed by atoms with Crippen molar-refractivity contribution in [1.82, 2.24) is 9.55 Å². The summed E-state index contributed by atoms with van der Waals surface area (Å²) in [5, 5.41) is 0. The number of imidazole rings is 1. The van der Waals surface area contributed by atoms with Gasteiger partial charge in [0, 0.05) is 18.8 Å². The SMILES string of the molecule is CC(C)CCCn1cncc1C(N)C(C)C. The lowest BCUT2D eigenvalue weighted by Crippen LogP contribution is -2.20. The number of hydrogen-bond acceptors (Lipinski definition) is 2. The van der Waals surface area contributed by atoms with Crippen molar-refractivity contribution in [2.24, 2.45) is 17.6 Å². The third kappa shape index (κ3) is 3.63. The number of rotatable bonds is 6. The van der Waals surface area contributed by atoms with Crippen LogP contribution in [0.1, 0.15) is 52.3 Å². The Morgan fingerprint density at radius 2 is 2.00 bits per heavy atom. The monoisotopic (exact) mass is 223 g/mol. The molecular weight excluding hydrogens is 198 g/mol. The van der Waals surface area contributed by atoms with Crippen molar-refractivity contribution in [3.63, 3.8) is 0 Å². The van der Waals surface area contributed by atoms with Crippen LogP contribution in [-0.4, -0.2) is 9.55 Å². The lowest BCUT2D eigenvalue weighted by molar-refractivity contribution is 0.457. The molecule has 0 amide bonds. The molecule has 0 fully saturated rings. The number of nitrogens with two attached hydrogens (primary N) is 1. The molecule has 0 radical (unpaired) electrons. The molecular formula is C13H25N3. The van der Waals surface area contributed by atoms with Gasteiger partial charge in [0.2, 0.25) is 0 Å². The molecule has 16 heavy (non-hydrogen) atoms. The Morgan fingerprint density at radius 3 is 2.56 bits per heavy atom. The summed E-state index contributed by atoms with van der Waals surface area (Å²) < 4.78 is 2.20. The highest BCUT2D eigenvalue weighted by Crippen LogP contribution is 2.19. The molecule has 1 unspecified atom stereocenters. The molecule has 3 heteroatoms. The Hall–Kier alpha value is -0.830. The van der Waals surface area contributed by atoms with Crippen LogP contribution in [0.2, 0.25) is 0 Å². The molecule has 1 aromatic rings. The third-order valence-electron chi connectivity index (χ3n) is 2.98. The minimum atomic E-state index is 0.0987. The number of aromatic nitrogens is 2. The van der Waals surface area contributed by atoms with E-state index in [1.165, 1.54) is 18.5 Å². The molecule has 0 saturated heterocycles. The fraction of sp³-hybridized carbons (Fsp3) is 0.769. The van der Waals surface area contributed by atoms with Gasteiger partial charge in [0.1, 0.15) is 0 Å². The average Bonchev–Trinajstić information content (AvgIpc) is 2.64. The average molecular weight is 223 g/mol. The summed E-state index contributed by atoms with van der Waals surface area (Å²) in [7, 11) is 0. The summed E-state index contributed by atoms with van der Waals surface area (Å²) in [6, 6.07) is 0.0987. The van der Waals surface area contributed by atoms with Gasteiger partial charge in [0.25, 0.3) is 0 Å². The second-order valence-corrected chi connectivity index (χ2v) is 5.32. The maximum atomic E-state index is 6.15. The molecule has 0 saturated carbocycles. The molecule has 0 aliphatic rings. The van der Waals surface area contributed by atoms with Gasteiger partial charge in [-0.3, -0.25) is 0 Å². The van der Waals surface area contributed by atoms with E-state index in [0.29, 0.717) is 5.92 Å². The van der Waals surface area contributed by atoms with Crippen LogP contribution in [0.15, 0.2) is 12.5 Å². The summed E-state index contributed by atoms with van der Waals surface area (Å²) in [5.74, 6) is 1.23. The first-order valence-electron chi connectivity index (χ1n) is 6.28. The summed E-state index contributed by atoms with van der Waals surface area (Å²) in [6.45, 7) is 9.85. The summed E-state index contributed by atoms with van der Waals surface area (Å²) in [6.07, 6.45) is 6.26. The Bertz CT molecular complexity index is 302. The van der Waals surface area contributed by atoms with Gasteiger partial charge < -0.3 is 10.3 Å². The van der Waals surface area contributed by atoms with Crippen molar-refractivity contribution >= 4 is 0 Å². The Labute approximate surface area is 99.1 Å². The third-order valence-corrected chi connectivity index (χ3v) is 2.98. The quantitative estimate of drug-likeness (QED) is 0.805. The van der Waals surface area contributed by atoms with E-state index in [1.807, 2.05) is 12.5 Å². The van der Waals surface area contributed by atoms with Crippen LogP contribution in [0.5, 0.6) is 0 Å². The molecule has 1 aromatic heterocycles. The van der Waals surface area contributed by atoms with E-state index in [2.05, 4.69) is 37.2 Å². The normalized spacial score (nSPS) is 13.7. The first kappa shape index (κ1) is 13.2. The Morgan fingerprint density at radius 1 is 1.31 bits per heavy atom. The minimum absolute atomic E-state index is 0.0987. The molecule has 1 rings (SSSR count). The van der Waals surface area contributed by atoms with Crippen molar-refractivity contribution in [1.29, 1.82) is 0 Å². The van der Waals surface area contributed by atoms with E-state index in [1.54, 1.807) is 0 Å². The van der Waals surface area contributed by atoms with Gasteiger partial charge in [-0.05, 0) is 24.7 Å². The minimum Gasteiger partial charge on any atom is -0.333 e. The predicted molar refractivity (Wildman–Crippen MR) is 68.1 cm³/mol. The van der Waals surface area contributed by atoms with Crippen LogP contribution in [0.3, 0.4) is 0 Å². The molecule has 0 aliphatic carbocycles. The van der Waals surface area contributed by atoms with Gasteiger partial charge in [-0.15, -0.1) is 0 Å². The summed E-state index contributed by atoms with van der Waals surface area (Å²) in [5.41, 5.74) is 7.32. The van der Waals surface area contributed by atoms with E-state index >= 15 is 0 Å². The maximum absolute atomic E-state index is 6.15. The highest BCUT2D eigenvalue weighted by atomic mass is 15.1. The Balaban J connectivity index is 2.57. The molecule has 1 heterocycles. The Kier molecular flexibility index (Phi) is 5.00.